The van der Waals surface area contributed by atoms with Crippen molar-refractivity contribution in [2.45, 2.75) is 36.7 Å². The molecule has 1 heterocycles. The Labute approximate surface area is 104 Å². The predicted molar refractivity (Wildman–Crippen MR) is 66.2 cm³/mol. The van der Waals surface area contributed by atoms with Crippen molar-refractivity contribution in [2.75, 3.05) is 0 Å². The van der Waals surface area contributed by atoms with Gasteiger partial charge in [0.2, 0.25) is 0 Å². The van der Waals surface area contributed by atoms with Crippen molar-refractivity contribution in [3.05, 3.63) is 21.9 Å². The molecule has 0 radical (unpaired) electrons. The van der Waals surface area contributed by atoms with Crippen LogP contribution in [0.25, 0.3) is 0 Å². The fourth-order valence-corrected chi connectivity index (χ4v) is 5.03. The van der Waals surface area contributed by atoms with Crippen molar-refractivity contribution in [3.8, 4) is 0 Å². The first-order valence-electron chi connectivity index (χ1n) is 5.52. The number of carboxylic acid groups (broad SMARTS) is 1. The highest BCUT2D eigenvalue weighted by molar-refractivity contribution is 7.91. The fraction of sp³-hybridized carbons (Fsp3) is 0.545. The van der Waals surface area contributed by atoms with Crippen molar-refractivity contribution in [1.29, 1.82) is 0 Å². The summed E-state index contributed by atoms with van der Waals surface area (Å²) in [6.07, 6.45) is 3.35. The van der Waals surface area contributed by atoms with Crippen LogP contribution in [-0.4, -0.2) is 24.7 Å². The molecule has 0 atom stereocenters. The number of hydrogen-bond acceptors (Lipinski definition) is 4. The average Bonchev–Trinajstić information content (AvgIpc) is 2.85. The first-order chi connectivity index (χ1) is 8.00. The van der Waals surface area contributed by atoms with Crippen LogP contribution in [0.4, 0.5) is 0 Å². The van der Waals surface area contributed by atoms with Gasteiger partial charge in [-0.2, -0.15) is 0 Å². The molecular weight excluding hydrogens is 260 g/mol. The van der Waals surface area contributed by atoms with Gasteiger partial charge in [-0.3, -0.25) is 0 Å². The van der Waals surface area contributed by atoms with Gasteiger partial charge in [0, 0.05) is 0 Å². The highest BCUT2D eigenvalue weighted by atomic mass is 32.2. The van der Waals surface area contributed by atoms with E-state index in [1.807, 2.05) is 0 Å². The van der Waals surface area contributed by atoms with Gasteiger partial charge in [0.1, 0.15) is 4.88 Å². The number of sulfone groups is 1. The first kappa shape index (κ1) is 12.6. The van der Waals surface area contributed by atoms with E-state index < -0.39 is 15.8 Å². The van der Waals surface area contributed by atoms with Crippen molar-refractivity contribution >= 4 is 27.1 Å². The molecule has 0 bridgehead atoms. The zero-order valence-corrected chi connectivity index (χ0v) is 10.9. The standard InChI is InChI=1S/C11H14O4S2/c12-11(13)10-8(5-6-16-10)7-17(14,15)9-3-1-2-4-9/h5-6,9H,1-4,7H2,(H,12,13). The third-order valence-electron chi connectivity index (χ3n) is 3.11. The monoisotopic (exact) mass is 274 g/mol. The van der Waals surface area contributed by atoms with Crippen LogP contribution in [0, 0.1) is 0 Å². The molecule has 17 heavy (non-hydrogen) atoms. The van der Waals surface area contributed by atoms with Crippen molar-refractivity contribution in [3.63, 3.8) is 0 Å². The molecule has 0 unspecified atom stereocenters. The van der Waals surface area contributed by atoms with Crippen molar-refractivity contribution < 1.29 is 18.3 Å². The molecule has 1 aromatic rings. The smallest absolute Gasteiger partial charge is 0.346 e. The van der Waals surface area contributed by atoms with Gasteiger partial charge in [-0.05, 0) is 29.9 Å². The molecule has 1 N–H and O–H groups in total. The minimum atomic E-state index is -3.20. The van der Waals surface area contributed by atoms with E-state index in [0.29, 0.717) is 5.56 Å². The summed E-state index contributed by atoms with van der Waals surface area (Å²) in [7, 11) is -3.20. The lowest BCUT2D eigenvalue weighted by atomic mass is 10.3. The SMILES string of the molecule is O=C(O)c1sccc1CS(=O)(=O)C1CCCC1. The molecule has 1 aliphatic rings. The van der Waals surface area contributed by atoms with Crippen LogP contribution in [0.2, 0.25) is 0 Å². The Bertz CT molecular complexity index is 509. The summed E-state index contributed by atoms with van der Waals surface area (Å²) in [5.74, 6) is -1.18. The molecule has 4 nitrogen and oxygen atoms in total. The van der Waals surface area contributed by atoms with Gasteiger partial charge in [0.15, 0.2) is 9.84 Å². The lowest BCUT2D eigenvalue weighted by Gasteiger charge is -2.10. The number of thiophene rings is 1. The molecule has 1 saturated carbocycles. The van der Waals surface area contributed by atoms with Crippen LogP contribution in [0.5, 0.6) is 0 Å². The van der Waals surface area contributed by atoms with E-state index in [2.05, 4.69) is 0 Å². The molecule has 0 aromatic carbocycles. The van der Waals surface area contributed by atoms with Crippen LogP contribution >= 0.6 is 11.3 Å². The van der Waals surface area contributed by atoms with E-state index >= 15 is 0 Å². The van der Waals surface area contributed by atoms with Gasteiger partial charge in [0.25, 0.3) is 0 Å². The number of hydrogen-bond donors (Lipinski definition) is 1. The molecule has 0 spiro atoms. The van der Waals surface area contributed by atoms with Crippen molar-refractivity contribution in [2.24, 2.45) is 0 Å². The van der Waals surface area contributed by atoms with Crippen LogP contribution in [0.3, 0.4) is 0 Å². The normalized spacial score (nSPS) is 17.4. The maximum Gasteiger partial charge on any atom is 0.346 e. The lowest BCUT2D eigenvalue weighted by molar-refractivity contribution is 0.0701. The minimum Gasteiger partial charge on any atom is -0.477 e. The topological polar surface area (TPSA) is 71.4 Å². The van der Waals surface area contributed by atoms with E-state index in [-0.39, 0.29) is 15.9 Å². The molecular formula is C11H14O4S2. The van der Waals surface area contributed by atoms with E-state index in [1.165, 1.54) is 0 Å². The Balaban J connectivity index is 2.20. The Morgan fingerprint density at radius 1 is 1.41 bits per heavy atom. The molecule has 0 saturated heterocycles. The quantitative estimate of drug-likeness (QED) is 0.914. The first-order valence-corrected chi connectivity index (χ1v) is 8.11. The van der Waals surface area contributed by atoms with E-state index in [4.69, 9.17) is 5.11 Å². The van der Waals surface area contributed by atoms with Crippen LogP contribution in [-0.2, 0) is 15.6 Å². The second kappa shape index (κ2) is 4.78. The Morgan fingerprint density at radius 2 is 2.06 bits per heavy atom. The van der Waals surface area contributed by atoms with Gasteiger partial charge in [-0.25, -0.2) is 13.2 Å². The van der Waals surface area contributed by atoms with Gasteiger partial charge < -0.3 is 5.11 Å². The summed E-state index contributed by atoms with van der Waals surface area (Å²) in [6.45, 7) is 0. The van der Waals surface area contributed by atoms with Gasteiger partial charge in [-0.15, -0.1) is 11.3 Å². The molecule has 1 aromatic heterocycles. The summed E-state index contributed by atoms with van der Waals surface area (Å²) < 4.78 is 24.2. The minimum absolute atomic E-state index is 0.136. The summed E-state index contributed by atoms with van der Waals surface area (Å²) in [4.78, 5) is 11.1. The second-order valence-corrected chi connectivity index (χ2v) is 7.49. The highest BCUT2D eigenvalue weighted by Crippen LogP contribution is 2.28. The number of rotatable bonds is 4. The highest BCUT2D eigenvalue weighted by Gasteiger charge is 2.30. The van der Waals surface area contributed by atoms with Gasteiger partial charge >= 0.3 is 5.97 Å². The van der Waals surface area contributed by atoms with Crippen LogP contribution < -0.4 is 0 Å². The molecule has 2 rings (SSSR count). The Morgan fingerprint density at radius 3 is 2.65 bits per heavy atom. The summed E-state index contributed by atoms with van der Waals surface area (Å²) >= 11 is 1.08. The average molecular weight is 274 g/mol. The molecule has 94 valence electrons. The van der Waals surface area contributed by atoms with Crippen LogP contribution in [0.1, 0.15) is 40.9 Å². The van der Waals surface area contributed by atoms with Crippen LogP contribution in [0.15, 0.2) is 11.4 Å². The van der Waals surface area contributed by atoms with Gasteiger partial charge in [-0.1, -0.05) is 12.8 Å². The zero-order chi connectivity index (χ0) is 12.5. The third kappa shape index (κ3) is 2.69. The summed E-state index contributed by atoms with van der Waals surface area (Å²) in [5, 5.41) is 10.3. The Hall–Kier alpha value is -0.880. The van der Waals surface area contributed by atoms with E-state index in [0.717, 1.165) is 37.0 Å². The Kier molecular flexibility index (Phi) is 3.53. The summed E-state index contributed by atoms with van der Waals surface area (Å²) in [5.41, 5.74) is 0.425. The molecule has 0 amide bonds. The van der Waals surface area contributed by atoms with Crippen molar-refractivity contribution in [1.82, 2.24) is 0 Å². The number of carbonyl (C=O) groups is 1. The fourth-order valence-electron chi connectivity index (χ4n) is 2.22. The molecule has 1 fully saturated rings. The maximum atomic E-state index is 12.1. The van der Waals surface area contributed by atoms with E-state index in [1.54, 1.807) is 11.4 Å². The number of aromatic carboxylic acids is 1. The second-order valence-electron chi connectivity index (χ2n) is 4.29. The van der Waals surface area contributed by atoms with E-state index in [9.17, 15) is 13.2 Å². The summed E-state index contributed by atoms with van der Waals surface area (Å²) in [6, 6.07) is 1.60. The molecule has 6 heteroatoms. The largest absolute Gasteiger partial charge is 0.477 e. The third-order valence-corrected chi connectivity index (χ3v) is 6.25. The lowest BCUT2D eigenvalue weighted by Crippen LogP contribution is -2.20. The maximum absolute atomic E-state index is 12.1. The zero-order valence-electron chi connectivity index (χ0n) is 9.26. The number of carboxylic acids is 1. The molecule has 1 aliphatic carbocycles. The molecule has 0 aliphatic heterocycles. The predicted octanol–water partition coefficient (Wildman–Crippen LogP) is 2.30. The van der Waals surface area contributed by atoms with Gasteiger partial charge in [0.05, 0.1) is 11.0 Å².